The largest absolute Gasteiger partial charge is 0.366 e. The van der Waals surface area contributed by atoms with Gasteiger partial charge in [-0.3, -0.25) is 14.6 Å². The van der Waals surface area contributed by atoms with E-state index in [2.05, 4.69) is 14.9 Å². The number of carbonyl (C=O) groups excluding carboxylic acids is 1. The van der Waals surface area contributed by atoms with Gasteiger partial charge in [-0.2, -0.15) is 13.5 Å². The maximum Gasteiger partial charge on any atom is 0.278 e. The molecular weight excluding hydrogens is 256 g/mol. The van der Waals surface area contributed by atoms with Crippen molar-refractivity contribution in [3.63, 3.8) is 0 Å². The van der Waals surface area contributed by atoms with E-state index in [-0.39, 0.29) is 16.3 Å². The van der Waals surface area contributed by atoms with Crippen LogP contribution in [-0.2, 0) is 10.0 Å². The van der Waals surface area contributed by atoms with Crippen LogP contribution in [0, 0.1) is 0 Å². The van der Waals surface area contributed by atoms with Gasteiger partial charge in [-0.05, 0) is 18.2 Å². The van der Waals surface area contributed by atoms with Crippen molar-refractivity contribution in [2.24, 2.45) is 5.73 Å². The topological polar surface area (TPSA) is 118 Å². The highest BCUT2D eigenvalue weighted by Crippen LogP contribution is 2.18. The van der Waals surface area contributed by atoms with Crippen molar-refractivity contribution in [2.45, 2.75) is 5.03 Å². The number of H-pyrrole nitrogens is 1. The van der Waals surface area contributed by atoms with Gasteiger partial charge in [0.2, 0.25) is 0 Å². The number of rotatable bonds is 4. The summed E-state index contributed by atoms with van der Waals surface area (Å²) in [7, 11) is -3.80. The first kappa shape index (κ1) is 12.1. The number of para-hydroxylation sites is 1. The molecule has 18 heavy (non-hydrogen) atoms. The third kappa shape index (κ3) is 2.33. The van der Waals surface area contributed by atoms with Crippen molar-refractivity contribution in [3.05, 3.63) is 42.1 Å². The number of sulfonamides is 1. The van der Waals surface area contributed by atoms with Gasteiger partial charge >= 0.3 is 0 Å². The minimum absolute atomic E-state index is 0.0956. The maximum absolute atomic E-state index is 11.9. The van der Waals surface area contributed by atoms with E-state index in [4.69, 9.17) is 5.73 Å². The third-order valence-corrected chi connectivity index (χ3v) is 3.50. The molecule has 1 heterocycles. The Morgan fingerprint density at radius 3 is 2.61 bits per heavy atom. The molecule has 0 radical (unpaired) electrons. The Labute approximate surface area is 103 Å². The fourth-order valence-electron chi connectivity index (χ4n) is 1.38. The van der Waals surface area contributed by atoms with E-state index in [1.54, 1.807) is 12.1 Å². The predicted molar refractivity (Wildman–Crippen MR) is 64.4 cm³/mol. The molecule has 8 heteroatoms. The van der Waals surface area contributed by atoms with Crippen LogP contribution in [0.15, 0.2) is 41.6 Å². The summed E-state index contributed by atoms with van der Waals surface area (Å²) in [5.74, 6) is -0.710. The number of carbonyl (C=O) groups is 1. The second-order valence-electron chi connectivity index (χ2n) is 3.44. The standard InChI is InChI=1S/C10H10N4O3S/c11-10(15)7-3-1-2-4-8(7)14-18(16,17)9-5-6-12-13-9/h1-6,14H,(H2,11,15)(H,12,13). The van der Waals surface area contributed by atoms with Gasteiger partial charge in [0.15, 0.2) is 5.03 Å². The Kier molecular flexibility index (Phi) is 3.02. The molecule has 0 aliphatic rings. The van der Waals surface area contributed by atoms with E-state index in [0.717, 1.165) is 0 Å². The van der Waals surface area contributed by atoms with Crippen molar-refractivity contribution >= 4 is 21.6 Å². The first-order chi connectivity index (χ1) is 8.50. The molecule has 0 bridgehead atoms. The van der Waals surface area contributed by atoms with Crippen molar-refractivity contribution < 1.29 is 13.2 Å². The van der Waals surface area contributed by atoms with E-state index < -0.39 is 15.9 Å². The average molecular weight is 266 g/mol. The number of nitrogens with zero attached hydrogens (tertiary/aromatic N) is 1. The van der Waals surface area contributed by atoms with Crippen LogP contribution in [0.3, 0.4) is 0 Å². The van der Waals surface area contributed by atoms with Crippen LogP contribution in [-0.4, -0.2) is 24.5 Å². The average Bonchev–Trinajstić information content (AvgIpc) is 2.83. The van der Waals surface area contributed by atoms with Crippen LogP contribution in [0.1, 0.15) is 10.4 Å². The molecule has 94 valence electrons. The molecule has 0 aliphatic carbocycles. The van der Waals surface area contributed by atoms with E-state index in [9.17, 15) is 13.2 Å². The Bertz CT molecular complexity index is 664. The molecule has 0 fully saturated rings. The van der Waals surface area contributed by atoms with Crippen molar-refractivity contribution in [2.75, 3.05) is 4.72 Å². The Hall–Kier alpha value is -2.35. The number of aromatic amines is 1. The molecule has 1 amide bonds. The molecule has 0 spiro atoms. The predicted octanol–water partition coefficient (Wildman–Crippen LogP) is 0.309. The van der Waals surface area contributed by atoms with Gasteiger partial charge < -0.3 is 5.73 Å². The van der Waals surface area contributed by atoms with Crippen molar-refractivity contribution in [1.82, 2.24) is 10.2 Å². The number of aromatic nitrogens is 2. The van der Waals surface area contributed by atoms with E-state index in [1.807, 2.05) is 0 Å². The zero-order valence-corrected chi connectivity index (χ0v) is 9.94. The lowest BCUT2D eigenvalue weighted by Crippen LogP contribution is -2.18. The highest BCUT2D eigenvalue weighted by Gasteiger charge is 2.18. The summed E-state index contributed by atoms with van der Waals surface area (Å²) < 4.78 is 26.1. The molecule has 0 aliphatic heterocycles. The Morgan fingerprint density at radius 2 is 2.00 bits per heavy atom. The number of benzene rings is 1. The summed E-state index contributed by atoms with van der Waals surface area (Å²) in [6.45, 7) is 0. The summed E-state index contributed by atoms with van der Waals surface area (Å²) in [5.41, 5.74) is 5.38. The minimum atomic E-state index is -3.80. The molecule has 0 unspecified atom stereocenters. The molecule has 1 aromatic carbocycles. The monoisotopic (exact) mass is 266 g/mol. The maximum atomic E-state index is 11.9. The molecule has 0 saturated carbocycles. The highest BCUT2D eigenvalue weighted by atomic mass is 32.2. The zero-order chi connectivity index (χ0) is 13.2. The molecule has 0 saturated heterocycles. The van der Waals surface area contributed by atoms with Crippen molar-refractivity contribution in [3.8, 4) is 0 Å². The summed E-state index contributed by atoms with van der Waals surface area (Å²) in [5, 5.41) is 5.79. The number of hydrogen-bond acceptors (Lipinski definition) is 4. The van der Waals surface area contributed by atoms with Crippen LogP contribution in [0.2, 0.25) is 0 Å². The number of hydrogen-bond donors (Lipinski definition) is 3. The summed E-state index contributed by atoms with van der Waals surface area (Å²) >= 11 is 0. The van der Waals surface area contributed by atoms with Crippen molar-refractivity contribution in [1.29, 1.82) is 0 Å². The van der Waals surface area contributed by atoms with Gasteiger partial charge in [-0.25, -0.2) is 0 Å². The molecule has 2 aromatic rings. The minimum Gasteiger partial charge on any atom is -0.366 e. The lowest BCUT2D eigenvalue weighted by Gasteiger charge is -2.09. The SMILES string of the molecule is NC(=O)c1ccccc1NS(=O)(=O)c1ccn[nH]1. The molecule has 0 atom stereocenters. The van der Waals surface area contributed by atoms with Gasteiger partial charge in [0.1, 0.15) is 0 Å². The second kappa shape index (κ2) is 4.49. The Morgan fingerprint density at radius 1 is 1.28 bits per heavy atom. The first-order valence-corrected chi connectivity index (χ1v) is 6.40. The zero-order valence-electron chi connectivity index (χ0n) is 9.12. The number of nitrogens with one attached hydrogen (secondary N) is 2. The summed E-state index contributed by atoms with van der Waals surface area (Å²) in [6, 6.07) is 7.38. The van der Waals surface area contributed by atoms with Gasteiger partial charge in [0, 0.05) is 0 Å². The van der Waals surface area contributed by atoms with Crippen LogP contribution in [0.4, 0.5) is 5.69 Å². The van der Waals surface area contributed by atoms with E-state index in [1.165, 1.54) is 24.4 Å². The van der Waals surface area contributed by atoms with Gasteiger partial charge in [-0.15, -0.1) is 0 Å². The first-order valence-electron chi connectivity index (χ1n) is 4.92. The molecule has 7 nitrogen and oxygen atoms in total. The number of nitrogens with two attached hydrogens (primary N) is 1. The molecule has 1 aromatic heterocycles. The highest BCUT2D eigenvalue weighted by molar-refractivity contribution is 7.92. The fourth-order valence-corrected chi connectivity index (χ4v) is 2.37. The third-order valence-electron chi connectivity index (χ3n) is 2.20. The van der Waals surface area contributed by atoms with Crippen LogP contribution in [0.25, 0.3) is 0 Å². The number of primary amides is 1. The van der Waals surface area contributed by atoms with Crippen LogP contribution >= 0.6 is 0 Å². The second-order valence-corrected chi connectivity index (χ2v) is 5.09. The van der Waals surface area contributed by atoms with Crippen LogP contribution in [0.5, 0.6) is 0 Å². The normalized spacial score (nSPS) is 11.1. The number of anilines is 1. The molecule has 4 N–H and O–H groups in total. The molecule has 2 rings (SSSR count). The van der Waals surface area contributed by atoms with Gasteiger partial charge in [-0.1, -0.05) is 12.1 Å². The van der Waals surface area contributed by atoms with E-state index in [0.29, 0.717) is 0 Å². The fraction of sp³-hybridized carbons (Fsp3) is 0. The number of amides is 1. The summed E-state index contributed by atoms with van der Waals surface area (Å²) in [6.07, 6.45) is 1.31. The Balaban J connectivity index is 2.39. The lowest BCUT2D eigenvalue weighted by molar-refractivity contribution is 0.100. The quantitative estimate of drug-likeness (QED) is 0.737. The molecular formula is C10H10N4O3S. The summed E-state index contributed by atoms with van der Waals surface area (Å²) in [4.78, 5) is 11.2. The van der Waals surface area contributed by atoms with Gasteiger partial charge in [0.05, 0.1) is 17.4 Å². The van der Waals surface area contributed by atoms with Gasteiger partial charge in [0.25, 0.3) is 15.9 Å². The van der Waals surface area contributed by atoms with Crippen LogP contribution < -0.4 is 10.5 Å². The smallest absolute Gasteiger partial charge is 0.278 e. The lowest BCUT2D eigenvalue weighted by atomic mass is 10.2. The van der Waals surface area contributed by atoms with E-state index >= 15 is 0 Å².